The zero-order valence-electron chi connectivity index (χ0n) is 16.3. The summed E-state index contributed by atoms with van der Waals surface area (Å²) in [7, 11) is 0. The Hall–Kier alpha value is -0.468. The van der Waals surface area contributed by atoms with Gasteiger partial charge in [-0.1, -0.05) is 26.2 Å². The summed E-state index contributed by atoms with van der Waals surface area (Å²) in [5.41, 5.74) is 0. The molecule has 1 saturated heterocycles. The molecule has 28 heavy (non-hydrogen) atoms. The van der Waals surface area contributed by atoms with Crippen molar-refractivity contribution in [2.75, 3.05) is 32.9 Å². The van der Waals surface area contributed by atoms with Crippen LogP contribution in [0.2, 0.25) is 0 Å². The van der Waals surface area contributed by atoms with Gasteiger partial charge in [-0.15, -0.1) is 0 Å². The molecule has 0 radical (unpaired) electrons. The molecule has 0 aromatic rings. The molecule has 0 spiro atoms. The van der Waals surface area contributed by atoms with E-state index in [1.54, 1.807) is 0 Å². The summed E-state index contributed by atoms with van der Waals surface area (Å²) in [6, 6.07) is 0.278. The van der Waals surface area contributed by atoms with Crippen LogP contribution in [-0.4, -0.2) is 88.6 Å². The molecular weight excluding hydrogens is 574 g/mol. The SMILES string of the molecule is CCCCCCNC(=O)C(F)(F)F.O=CN1CCCC1COCCCO[O][Tl]. The Balaban J connectivity index is 0.000000528. The number of unbranched alkanes of at least 4 members (excludes halogenated alkanes) is 3. The van der Waals surface area contributed by atoms with E-state index >= 15 is 0 Å². The van der Waals surface area contributed by atoms with Crippen LogP contribution in [0.3, 0.4) is 0 Å². The Morgan fingerprint density at radius 3 is 2.61 bits per heavy atom. The molecule has 1 atom stereocenters. The summed E-state index contributed by atoms with van der Waals surface area (Å²) < 4.78 is 44.9. The van der Waals surface area contributed by atoms with E-state index in [-0.39, 0.29) is 12.6 Å². The number of amides is 2. The fourth-order valence-electron chi connectivity index (χ4n) is 2.52. The quantitative estimate of drug-likeness (QED) is 0.115. The second-order valence-electron chi connectivity index (χ2n) is 6.30. The molecule has 0 aromatic heterocycles. The zero-order chi connectivity index (χ0) is 21.3. The van der Waals surface area contributed by atoms with Gasteiger partial charge in [0.05, 0.1) is 0 Å². The van der Waals surface area contributed by atoms with Crippen LogP contribution in [0.1, 0.15) is 51.9 Å². The number of hydrogen-bond acceptors (Lipinski definition) is 5. The normalized spacial score (nSPS) is 16.4. The van der Waals surface area contributed by atoms with Crippen LogP contribution in [0.5, 0.6) is 0 Å². The molecule has 1 unspecified atom stereocenters. The Bertz CT molecular complexity index is 417. The Kier molecular flexibility index (Phi) is 17.1. The van der Waals surface area contributed by atoms with Crippen molar-refractivity contribution in [2.45, 2.75) is 64.1 Å². The minimum atomic E-state index is -4.75. The van der Waals surface area contributed by atoms with Gasteiger partial charge in [0.15, 0.2) is 0 Å². The van der Waals surface area contributed by atoms with Gasteiger partial charge in [0.1, 0.15) is 0 Å². The number of rotatable bonds is 13. The number of hydrogen-bond donors (Lipinski definition) is 1. The van der Waals surface area contributed by atoms with Gasteiger partial charge in [-0.05, 0) is 6.42 Å². The standard InChI is InChI=1S/C9H17NO4.C8H14F3NO.Tl/c11-8-10-4-1-3-9(10)7-13-5-2-6-14-12;1-2-3-4-5-6-12-7(13)8(9,10)11;/h8-9,12H,1-7H2;2-6H2,1H3,(H,12,13);/q;;+1/p-1. The van der Waals surface area contributed by atoms with Crippen molar-refractivity contribution in [1.82, 2.24) is 10.2 Å². The van der Waals surface area contributed by atoms with Crippen LogP contribution in [0.4, 0.5) is 13.2 Å². The Morgan fingerprint density at radius 2 is 2.00 bits per heavy atom. The molecule has 1 aliphatic heterocycles. The third kappa shape index (κ3) is 14.5. The van der Waals surface area contributed by atoms with Crippen LogP contribution in [-0.2, 0) is 22.1 Å². The van der Waals surface area contributed by atoms with E-state index in [4.69, 9.17) is 9.62 Å². The summed E-state index contributed by atoms with van der Waals surface area (Å²) in [6.07, 6.45) is 2.62. The first-order valence-corrected chi connectivity index (χ1v) is 11.3. The molecule has 1 fully saturated rings. The molecule has 1 N–H and O–H groups in total. The molecule has 0 saturated carbocycles. The van der Waals surface area contributed by atoms with E-state index in [2.05, 4.69) is 2.84 Å². The van der Waals surface area contributed by atoms with Gasteiger partial charge in [0.2, 0.25) is 0 Å². The summed E-state index contributed by atoms with van der Waals surface area (Å²) in [5, 5.41) is 1.82. The molecule has 11 heteroatoms. The van der Waals surface area contributed by atoms with Crippen LogP contribution < -0.4 is 5.32 Å². The van der Waals surface area contributed by atoms with Crippen LogP contribution in [0, 0.1) is 0 Å². The van der Waals surface area contributed by atoms with Gasteiger partial charge < -0.3 is 5.32 Å². The fourth-order valence-corrected chi connectivity index (χ4v) is 2.89. The van der Waals surface area contributed by atoms with Crippen LogP contribution in [0.25, 0.3) is 0 Å². The molecule has 162 valence electrons. The van der Waals surface area contributed by atoms with E-state index < -0.39 is 12.1 Å². The van der Waals surface area contributed by atoms with Gasteiger partial charge in [-0.25, -0.2) is 0 Å². The molecule has 2 amide bonds. The van der Waals surface area contributed by atoms with E-state index in [0.717, 1.165) is 51.5 Å². The molecule has 1 aliphatic rings. The van der Waals surface area contributed by atoms with E-state index in [9.17, 15) is 22.8 Å². The van der Waals surface area contributed by atoms with Crippen molar-refractivity contribution in [2.24, 2.45) is 0 Å². The summed E-state index contributed by atoms with van der Waals surface area (Å²) in [4.78, 5) is 27.5. The molecule has 0 bridgehead atoms. The number of halogens is 3. The monoisotopic (exact) mass is 604 g/mol. The topological polar surface area (TPSA) is 77.1 Å². The number of alkyl halides is 3. The van der Waals surface area contributed by atoms with Crippen LogP contribution in [0.15, 0.2) is 0 Å². The third-order valence-electron chi connectivity index (χ3n) is 4.03. The first-order chi connectivity index (χ1) is 13.4. The number of nitrogens with one attached hydrogen (secondary N) is 1. The number of nitrogens with zero attached hydrogens (tertiary/aromatic N) is 1. The van der Waals surface area contributed by atoms with Crippen LogP contribution >= 0.6 is 0 Å². The van der Waals surface area contributed by atoms with Crippen molar-refractivity contribution in [3.8, 4) is 0 Å². The average molecular weight is 604 g/mol. The molecular formula is C17H30F3N2O5Tl. The summed E-state index contributed by atoms with van der Waals surface area (Å²) >= 11 is 0.426. The first kappa shape index (κ1) is 27.5. The Morgan fingerprint density at radius 1 is 1.25 bits per heavy atom. The molecule has 1 rings (SSSR count). The number of carbonyl (C=O) groups is 2. The predicted molar refractivity (Wildman–Crippen MR) is 97.2 cm³/mol. The summed E-state index contributed by atoms with van der Waals surface area (Å²) in [5.74, 6) is -1.84. The maximum atomic E-state index is 11.6. The predicted octanol–water partition coefficient (Wildman–Crippen LogP) is 2.29. The van der Waals surface area contributed by atoms with E-state index in [0.29, 0.717) is 52.5 Å². The molecule has 1 heterocycles. The first-order valence-electron chi connectivity index (χ1n) is 9.48. The van der Waals surface area contributed by atoms with Crippen molar-refractivity contribution in [3.05, 3.63) is 0 Å². The van der Waals surface area contributed by atoms with Crippen molar-refractivity contribution < 1.29 is 35.2 Å². The van der Waals surface area contributed by atoms with Crippen molar-refractivity contribution in [1.29, 1.82) is 0 Å². The minimum absolute atomic E-state index is 0.109. The van der Waals surface area contributed by atoms with Crippen molar-refractivity contribution in [3.63, 3.8) is 0 Å². The molecule has 7 nitrogen and oxygen atoms in total. The summed E-state index contributed by atoms with van der Waals surface area (Å²) in [6.45, 7) is 4.88. The number of ether oxygens (including phenoxy) is 1. The number of likely N-dealkylation sites (tertiary alicyclic amines) is 1. The molecule has 0 aliphatic carbocycles. The van der Waals surface area contributed by atoms with Gasteiger partial charge in [0.25, 0.3) is 0 Å². The second kappa shape index (κ2) is 17.4. The second-order valence-corrected chi connectivity index (χ2v) is 7.05. The van der Waals surface area contributed by atoms with E-state index in [1.807, 2.05) is 17.1 Å². The van der Waals surface area contributed by atoms with Crippen molar-refractivity contribution >= 4 is 38.5 Å². The zero-order valence-corrected chi connectivity index (χ0v) is 20.8. The Labute approximate surface area is 180 Å². The third-order valence-corrected chi connectivity index (χ3v) is 4.56. The van der Waals surface area contributed by atoms with Gasteiger partial charge in [-0.2, -0.15) is 13.2 Å². The number of carbonyl (C=O) groups excluding carboxylic acids is 2. The fraction of sp³-hybridized carbons (Fsp3) is 0.882. The van der Waals surface area contributed by atoms with Gasteiger partial charge >= 0.3 is 119 Å². The van der Waals surface area contributed by atoms with Gasteiger partial charge in [0, 0.05) is 6.54 Å². The molecule has 0 aromatic carbocycles. The van der Waals surface area contributed by atoms with Gasteiger partial charge in [-0.3, -0.25) is 4.79 Å². The maximum absolute atomic E-state index is 11.6. The average Bonchev–Trinajstić information content (AvgIpc) is 3.11. The van der Waals surface area contributed by atoms with E-state index in [1.165, 1.54) is 0 Å².